The highest BCUT2D eigenvalue weighted by Gasteiger charge is 2.67. The number of hydrogen-bond donors (Lipinski definition) is 1. The summed E-state index contributed by atoms with van der Waals surface area (Å²) >= 11 is 0. The van der Waals surface area contributed by atoms with E-state index in [-0.39, 0.29) is 29.9 Å². The molecule has 0 radical (unpaired) electrons. The van der Waals surface area contributed by atoms with E-state index in [4.69, 9.17) is 13.9 Å². The lowest BCUT2D eigenvalue weighted by Gasteiger charge is -2.49. The molecule has 1 N–H and O–H groups in total. The zero-order valence-corrected chi connectivity index (χ0v) is 13.9. The van der Waals surface area contributed by atoms with Gasteiger partial charge in [-0.2, -0.15) is 0 Å². The van der Waals surface area contributed by atoms with Gasteiger partial charge in [0.05, 0.1) is 24.0 Å². The standard InChI is InChI=1S/C19H20O6/c1-9-15(20)16-14-11(17(21)25-16)3-2-4-12(14)19(9)7-13(24-18(19)22)10-5-6-23-8-10/h5-6,8-9,12-13,15-16,20H,2-4,7H2,1H3/t9-,12-,13+,15-,16+,19-/m0/s1. The van der Waals surface area contributed by atoms with E-state index in [2.05, 4.69) is 0 Å². The highest BCUT2D eigenvalue weighted by Crippen LogP contribution is 2.62. The van der Waals surface area contributed by atoms with Crippen molar-refractivity contribution in [2.24, 2.45) is 17.3 Å². The van der Waals surface area contributed by atoms with Crippen LogP contribution in [-0.2, 0) is 19.1 Å². The van der Waals surface area contributed by atoms with Gasteiger partial charge in [-0.05, 0) is 30.9 Å². The van der Waals surface area contributed by atoms with Gasteiger partial charge >= 0.3 is 11.9 Å². The third-order valence-corrected chi connectivity index (χ3v) is 6.75. The molecule has 1 aromatic rings. The van der Waals surface area contributed by atoms with Gasteiger partial charge in [-0.25, -0.2) is 4.79 Å². The van der Waals surface area contributed by atoms with E-state index >= 15 is 0 Å². The molecule has 0 aromatic carbocycles. The predicted molar refractivity (Wildman–Crippen MR) is 84.0 cm³/mol. The van der Waals surface area contributed by atoms with Crippen molar-refractivity contribution in [2.45, 2.75) is 50.9 Å². The van der Waals surface area contributed by atoms with E-state index in [1.54, 1.807) is 18.6 Å². The summed E-state index contributed by atoms with van der Waals surface area (Å²) in [6, 6.07) is 1.80. The first kappa shape index (κ1) is 15.2. The highest BCUT2D eigenvalue weighted by molar-refractivity contribution is 5.94. The lowest BCUT2D eigenvalue weighted by atomic mass is 9.53. The average Bonchev–Trinajstić information content (AvgIpc) is 3.31. The summed E-state index contributed by atoms with van der Waals surface area (Å²) in [6.45, 7) is 1.88. The van der Waals surface area contributed by atoms with Crippen molar-refractivity contribution in [3.05, 3.63) is 35.3 Å². The highest BCUT2D eigenvalue weighted by atomic mass is 16.6. The third-order valence-electron chi connectivity index (χ3n) is 6.75. The molecule has 6 heteroatoms. The van der Waals surface area contributed by atoms with Gasteiger partial charge in [0.2, 0.25) is 0 Å². The molecular formula is C19H20O6. The molecule has 1 saturated carbocycles. The van der Waals surface area contributed by atoms with Gasteiger partial charge in [0.15, 0.2) is 6.10 Å². The molecule has 0 amide bonds. The van der Waals surface area contributed by atoms with E-state index in [9.17, 15) is 14.7 Å². The molecule has 3 heterocycles. The van der Waals surface area contributed by atoms with Crippen LogP contribution in [0.2, 0.25) is 0 Å². The first-order valence-corrected chi connectivity index (χ1v) is 8.89. The first-order valence-electron chi connectivity index (χ1n) is 8.89. The van der Waals surface area contributed by atoms with Gasteiger partial charge in [0.25, 0.3) is 0 Å². The first-order chi connectivity index (χ1) is 12.0. The fourth-order valence-electron chi connectivity index (χ4n) is 5.48. The summed E-state index contributed by atoms with van der Waals surface area (Å²) in [5.41, 5.74) is 1.54. The Labute approximate surface area is 144 Å². The monoisotopic (exact) mass is 344 g/mol. The minimum absolute atomic E-state index is 0.101. The minimum Gasteiger partial charge on any atom is -0.472 e. The van der Waals surface area contributed by atoms with Gasteiger partial charge in [-0.15, -0.1) is 0 Å². The quantitative estimate of drug-likeness (QED) is 0.787. The van der Waals surface area contributed by atoms with Crippen LogP contribution in [0.25, 0.3) is 0 Å². The topological polar surface area (TPSA) is 86.0 Å². The molecule has 6 nitrogen and oxygen atoms in total. The van der Waals surface area contributed by atoms with Crippen molar-refractivity contribution in [3.63, 3.8) is 0 Å². The Hall–Kier alpha value is -2.08. The van der Waals surface area contributed by atoms with Crippen LogP contribution in [0.3, 0.4) is 0 Å². The SMILES string of the molecule is C[C@H]1[C@H](O)[C@@H]2OC(=O)C3=C2[C@H](CCC3)[C@]12C[C@H](c1ccoc1)OC2=O. The van der Waals surface area contributed by atoms with E-state index in [0.717, 1.165) is 24.0 Å². The molecule has 2 aliphatic heterocycles. The Morgan fingerprint density at radius 2 is 2.12 bits per heavy atom. The van der Waals surface area contributed by atoms with Crippen molar-refractivity contribution in [1.29, 1.82) is 0 Å². The summed E-state index contributed by atoms with van der Waals surface area (Å²) in [5, 5.41) is 10.8. The number of aliphatic hydroxyl groups excluding tert-OH is 1. The summed E-state index contributed by atoms with van der Waals surface area (Å²) in [6.07, 6.45) is 4.11. The maximum Gasteiger partial charge on any atom is 0.334 e. The van der Waals surface area contributed by atoms with Crippen LogP contribution in [0.1, 0.15) is 44.3 Å². The molecule has 4 aliphatic rings. The number of hydrogen-bond acceptors (Lipinski definition) is 6. The van der Waals surface area contributed by atoms with E-state index in [1.165, 1.54) is 0 Å². The fourth-order valence-corrected chi connectivity index (χ4v) is 5.48. The zero-order chi connectivity index (χ0) is 17.3. The fraction of sp³-hybridized carbons (Fsp3) is 0.579. The number of ether oxygens (including phenoxy) is 2. The van der Waals surface area contributed by atoms with E-state index in [0.29, 0.717) is 18.4 Å². The maximum absolute atomic E-state index is 13.1. The van der Waals surface area contributed by atoms with E-state index < -0.39 is 17.6 Å². The van der Waals surface area contributed by atoms with Gasteiger partial charge in [-0.1, -0.05) is 6.92 Å². The number of furan rings is 1. The van der Waals surface area contributed by atoms with Crippen molar-refractivity contribution in [3.8, 4) is 0 Å². The lowest BCUT2D eigenvalue weighted by Crippen LogP contribution is -2.56. The number of esters is 2. The summed E-state index contributed by atoms with van der Waals surface area (Å²) in [4.78, 5) is 25.3. The van der Waals surface area contributed by atoms with Crippen LogP contribution in [-0.4, -0.2) is 29.3 Å². The van der Waals surface area contributed by atoms with E-state index in [1.807, 2.05) is 6.92 Å². The molecule has 132 valence electrons. The Bertz CT molecular complexity index is 778. The number of carbonyl (C=O) groups excluding carboxylic acids is 2. The molecule has 1 aromatic heterocycles. The Morgan fingerprint density at radius 1 is 1.28 bits per heavy atom. The molecule has 2 fully saturated rings. The number of aliphatic hydroxyl groups is 1. The van der Waals surface area contributed by atoms with Gasteiger partial charge < -0.3 is 19.0 Å². The second-order valence-corrected chi connectivity index (χ2v) is 7.68. The molecule has 0 bridgehead atoms. The Morgan fingerprint density at radius 3 is 2.88 bits per heavy atom. The van der Waals surface area contributed by atoms with Crippen LogP contribution in [0.15, 0.2) is 34.2 Å². The van der Waals surface area contributed by atoms with Gasteiger partial charge in [-0.3, -0.25) is 4.79 Å². The molecule has 5 rings (SSSR count). The molecular weight excluding hydrogens is 324 g/mol. The van der Waals surface area contributed by atoms with Crippen LogP contribution < -0.4 is 0 Å². The van der Waals surface area contributed by atoms with Crippen LogP contribution in [0.4, 0.5) is 0 Å². The normalized spacial score (nSPS) is 42.6. The van der Waals surface area contributed by atoms with Gasteiger partial charge in [0, 0.05) is 29.4 Å². The number of fused-ring (bicyclic) bond motifs is 1. The van der Waals surface area contributed by atoms with Crippen molar-refractivity contribution < 1.29 is 28.6 Å². The van der Waals surface area contributed by atoms with Crippen LogP contribution in [0.5, 0.6) is 0 Å². The van der Waals surface area contributed by atoms with Crippen LogP contribution >= 0.6 is 0 Å². The molecule has 6 atom stereocenters. The molecule has 1 saturated heterocycles. The maximum atomic E-state index is 13.1. The van der Waals surface area contributed by atoms with Crippen molar-refractivity contribution in [2.75, 3.05) is 0 Å². The van der Waals surface area contributed by atoms with Crippen molar-refractivity contribution >= 4 is 11.9 Å². The smallest absolute Gasteiger partial charge is 0.334 e. The second kappa shape index (κ2) is 4.97. The number of rotatable bonds is 1. The largest absolute Gasteiger partial charge is 0.472 e. The minimum atomic E-state index is -0.888. The number of cyclic esters (lactones) is 1. The third kappa shape index (κ3) is 1.78. The summed E-state index contributed by atoms with van der Waals surface area (Å²) in [7, 11) is 0. The van der Waals surface area contributed by atoms with Crippen molar-refractivity contribution in [1.82, 2.24) is 0 Å². The molecule has 25 heavy (non-hydrogen) atoms. The summed E-state index contributed by atoms with van der Waals surface area (Å²) in [5.74, 6) is -1.05. The molecule has 2 aliphatic carbocycles. The zero-order valence-electron chi connectivity index (χ0n) is 13.9. The predicted octanol–water partition coefficient (Wildman–Crippen LogP) is 2.29. The number of carbonyl (C=O) groups is 2. The Balaban J connectivity index is 1.63. The molecule has 0 unspecified atom stereocenters. The van der Waals surface area contributed by atoms with Crippen LogP contribution in [0, 0.1) is 17.3 Å². The molecule has 1 spiro atoms. The lowest BCUT2D eigenvalue weighted by molar-refractivity contribution is -0.166. The second-order valence-electron chi connectivity index (χ2n) is 7.68. The van der Waals surface area contributed by atoms with Gasteiger partial charge in [0.1, 0.15) is 6.10 Å². The average molecular weight is 344 g/mol. The summed E-state index contributed by atoms with van der Waals surface area (Å²) < 4.78 is 16.3. The Kier molecular flexibility index (Phi) is 3.02.